The monoisotopic (exact) mass is 374 g/mol. The van der Waals surface area contributed by atoms with Crippen molar-refractivity contribution in [3.05, 3.63) is 53.6 Å². The third-order valence-corrected chi connectivity index (χ3v) is 5.75. The van der Waals surface area contributed by atoms with Crippen LogP contribution in [0.5, 0.6) is 0 Å². The van der Waals surface area contributed by atoms with Gasteiger partial charge in [-0.25, -0.2) is 0 Å². The Hall–Kier alpha value is -1.65. The number of hydrogen-bond donors (Lipinski definition) is 1. The van der Waals surface area contributed by atoms with Gasteiger partial charge < -0.3 is 10.2 Å². The molecule has 2 aromatic carbocycles. The van der Waals surface area contributed by atoms with Crippen LogP contribution in [0.3, 0.4) is 0 Å². The van der Waals surface area contributed by atoms with Crippen LogP contribution < -0.4 is 10.2 Å². The van der Waals surface area contributed by atoms with E-state index in [0.29, 0.717) is 10.8 Å². The summed E-state index contributed by atoms with van der Waals surface area (Å²) >= 11 is 7.40. The van der Waals surface area contributed by atoms with E-state index in [0.717, 1.165) is 35.3 Å². The van der Waals surface area contributed by atoms with Gasteiger partial charge in [-0.2, -0.15) is 0 Å². The molecule has 1 amide bonds. The number of benzene rings is 2. The zero-order valence-electron chi connectivity index (χ0n) is 14.4. The molecule has 1 saturated heterocycles. The highest BCUT2D eigenvalue weighted by atomic mass is 35.5. The molecule has 1 fully saturated rings. The fourth-order valence-corrected chi connectivity index (χ4v) is 3.80. The zero-order valence-corrected chi connectivity index (χ0v) is 15.9. The zero-order chi connectivity index (χ0) is 17.6. The molecule has 0 aromatic heterocycles. The van der Waals surface area contributed by atoms with Crippen LogP contribution in [0.1, 0.15) is 19.8 Å². The second-order valence-corrected chi connectivity index (χ2v) is 7.96. The first-order valence-corrected chi connectivity index (χ1v) is 10.0. The third kappa shape index (κ3) is 5.16. The van der Waals surface area contributed by atoms with Gasteiger partial charge in [0.2, 0.25) is 5.91 Å². The number of carbonyl (C=O) groups excluding carboxylic acids is 1. The second-order valence-electron chi connectivity index (χ2n) is 6.48. The van der Waals surface area contributed by atoms with Crippen molar-refractivity contribution in [3.8, 4) is 0 Å². The average molecular weight is 375 g/mol. The van der Waals surface area contributed by atoms with Crippen molar-refractivity contribution < 1.29 is 4.79 Å². The van der Waals surface area contributed by atoms with Gasteiger partial charge in [-0.3, -0.25) is 4.79 Å². The van der Waals surface area contributed by atoms with Crippen molar-refractivity contribution in [1.82, 2.24) is 0 Å². The Morgan fingerprint density at radius 1 is 1.16 bits per heavy atom. The predicted molar refractivity (Wildman–Crippen MR) is 108 cm³/mol. The summed E-state index contributed by atoms with van der Waals surface area (Å²) in [6.07, 6.45) is 2.41. The Morgan fingerprint density at radius 2 is 1.84 bits per heavy atom. The van der Waals surface area contributed by atoms with E-state index >= 15 is 0 Å². The molecule has 0 unspecified atom stereocenters. The number of nitrogens with zero attached hydrogens (tertiary/aromatic N) is 1. The summed E-state index contributed by atoms with van der Waals surface area (Å²) in [5.74, 6) is 1.18. The van der Waals surface area contributed by atoms with Crippen LogP contribution in [-0.4, -0.2) is 24.7 Å². The van der Waals surface area contributed by atoms with Crippen LogP contribution in [0, 0.1) is 5.92 Å². The molecule has 0 bridgehead atoms. The molecule has 5 heteroatoms. The lowest BCUT2D eigenvalue weighted by Gasteiger charge is -2.33. The van der Waals surface area contributed by atoms with Gasteiger partial charge in [-0.05, 0) is 55.2 Å². The molecule has 1 aliphatic heterocycles. The van der Waals surface area contributed by atoms with Crippen LogP contribution in [0.2, 0.25) is 5.02 Å². The van der Waals surface area contributed by atoms with E-state index in [9.17, 15) is 4.79 Å². The Labute approximate surface area is 158 Å². The highest BCUT2D eigenvalue weighted by molar-refractivity contribution is 8.00. The molecule has 3 rings (SSSR count). The summed E-state index contributed by atoms with van der Waals surface area (Å²) in [6, 6.07) is 15.6. The normalized spacial score (nSPS) is 15.2. The summed E-state index contributed by atoms with van der Waals surface area (Å²) in [4.78, 5) is 15.8. The first-order valence-electron chi connectivity index (χ1n) is 8.64. The van der Waals surface area contributed by atoms with Gasteiger partial charge in [0, 0.05) is 23.0 Å². The lowest BCUT2D eigenvalue weighted by molar-refractivity contribution is -0.113. The fourth-order valence-electron chi connectivity index (χ4n) is 2.97. The summed E-state index contributed by atoms with van der Waals surface area (Å²) in [5.41, 5.74) is 2.03. The summed E-state index contributed by atoms with van der Waals surface area (Å²) in [6.45, 7) is 4.40. The van der Waals surface area contributed by atoms with Crippen LogP contribution in [-0.2, 0) is 4.79 Å². The topological polar surface area (TPSA) is 32.3 Å². The van der Waals surface area contributed by atoms with Crippen LogP contribution in [0.25, 0.3) is 0 Å². The molecule has 0 radical (unpaired) electrons. The van der Waals surface area contributed by atoms with Crippen LogP contribution >= 0.6 is 23.4 Å². The quantitative estimate of drug-likeness (QED) is 0.720. The Balaban J connectivity index is 1.60. The Morgan fingerprint density at radius 3 is 2.56 bits per heavy atom. The van der Waals surface area contributed by atoms with Crippen molar-refractivity contribution in [2.45, 2.75) is 24.7 Å². The second kappa shape index (κ2) is 8.63. The lowest BCUT2D eigenvalue weighted by Crippen LogP contribution is -2.33. The van der Waals surface area contributed by atoms with E-state index in [1.807, 2.05) is 42.5 Å². The maximum atomic E-state index is 12.4. The molecule has 0 saturated carbocycles. The molecule has 25 heavy (non-hydrogen) atoms. The molecular weight excluding hydrogens is 352 g/mol. The van der Waals surface area contributed by atoms with Gasteiger partial charge in [-0.15, -0.1) is 11.8 Å². The molecule has 1 heterocycles. The lowest BCUT2D eigenvalue weighted by atomic mass is 9.98. The number of anilines is 2. The summed E-state index contributed by atoms with van der Waals surface area (Å²) < 4.78 is 0. The number of amides is 1. The molecule has 2 aromatic rings. The molecule has 1 aliphatic rings. The molecule has 0 spiro atoms. The summed E-state index contributed by atoms with van der Waals surface area (Å²) in [7, 11) is 0. The highest BCUT2D eigenvalue weighted by Gasteiger charge is 2.18. The van der Waals surface area contributed by atoms with Gasteiger partial charge in [0.05, 0.1) is 17.1 Å². The van der Waals surface area contributed by atoms with Gasteiger partial charge in [0.1, 0.15) is 0 Å². The molecular formula is C20H23ClN2OS. The Bertz CT molecular complexity index is 712. The van der Waals surface area contributed by atoms with Gasteiger partial charge >= 0.3 is 0 Å². The molecule has 1 N–H and O–H groups in total. The van der Waals surface area contributed by atoms with E-state index in [1.54, 1.807) is 0 Å². The summed E-state index contributed by atoms with van der Waals surface area (Å²) in [5, 5.41) is 3.78. The first kappa shape index (κ1) is 18.2. The van der Waals surface area contributed by atoms with E-state index in [-0.39, 0.29) is 5.91 Å². The number of hydrogen-bond acceptors (Lipinski definition) is 3. The van der Waals surface area contributed by atoms with Gasteiger partial charge in [0.25, 0.3) is 0 Å². The fraction of sp³-hybridized carbons (Fsp3) is 0.350. The molecule has 0 atom stereocenters. The number of halogens is 1. The van der Waals surface area contributed by atoms with Crippen molar-refractivity contribution in [3.63, 3.8) is 0 Å². The predicted octanol–water partition coefficient (Wildman–Crippen LogP) is 5.31. The van der Waals surface area contributed by atoms with Crippen molar-refractivity contribution in [1.29, 1.82) is 0 Å². The van der Waals surface area contributed by atoms with Crippen molar-refractivity contribution in [2.24, 2.45) is 5.92 Å². The van der Waals surface area contributed by atoms with Gasteiger partial charge in [0.15, 0.2) is 0 Å². The maximum Gasteiger partial charge on any atom is 0.234 e. The number of carbonyl (C=O) groups is 1. The number of nitrogens with one attached hydrogen (secondary N) is 1. The number of piperidine rings is 1. The molecule has 0 aliphatic carbocycles. The van der Waals surface area contributed by atoms with Crippen LogP contribution in [0.4, 0.5) is 11.4 Å². The maximum absolute atomic E-state index is 12.4. The van der Waals surface area contributed by atoms with E-state index in [4.69, 9.17) is 11.6 Å². The van der Waals surface area contributed by atoms with E-state index in [2.05, 4.69) is 23.2 Å². The SMILES string of the molecule is CC1CCN(c2ccccc2NC(=O)CSc2ccc(Cl)cc2)CC1. The molecule has 132 valence electrons. The first-order chi connectivity index (χ1) is 12.1. The van der Waals surface area contributed by atoms with Crippen molar-refractivity contribution >= 4 is 40.6 Å². The average Bonchev–Trinajstić information content (AvgIpc) is 2.63. The van der Waals surface area contributed by atoms with Gasteiger partial charge in [-0.1, -0.05) is 30.7 Å². The van der Waals surface area contributed by atoms with E-state index < -0.39 is 0 Å². The minimum atomic E-state index is 0.0118. The molecule has 3 nitrogen and oxygen atoms in total. The van der Waals surface area contributed by atoms with Crippen LogP contribution in [0.15, 0.2) is 53.4 Å². The number of rotatable bonds is 5. The number of para-hydroxylation sites is 2. The highest BCUT2D eigenvalue weighted by Crippen LogP contribution is 2.30. The standard InChI is InChI=1S/C20H23ClN2OS/c1-15-10-12-23(13-11-15)19-5-3-2-4-18(19)22-20(24)14-25-17-8-6-16(21)7-9-17/h2-9,15H,10-14H2,1H3,(H,22,24). The smallest absolute Gasteiger partial charge is 0.234 e. The largest absolute Gasteiger partial charge is 0.370 e. The Kier molecular flexibility index (Phi) is 6.27. The van der Waals surface area contributed by atoms with Crippen molar-refractivity contribution in [2.75, 3.05) is 29.1 Å². The minimum absolute atomic E-state index is 0.0118. The number of thioether (sulfide) groups is 1. The minimum Gasteiger partial charge on any atom is -0.370 e. The van der Waals surface area contributed by atoms with E-state index in [1.165, 1.54) is 24.6 Å². The third-order valence-electron chi connectivity index (χ3n) is 4.49.